The highest BCUT2D eigenvalue weighted by molar-refractivity contribution is 7.90. The Morgan fingerprint density at radius 3 is 2.68 bits per heavy atom. The molecule has 0 aliphatic carbocycles. The summed E-state index contributed by atoms with van der Waals surface area (Å²) in [6.45, 7) is 0. The minimum Gasteiger partial charge on any atom is -0.368 e. The molecule has 7 heteroatoms. The molecule has 0 radical (unpaired) electrons. The van der Waals surface area contributed by atoms with Crippen molar-refractivity contribution in [3.8, 4) is 11.1 Å². The van der Waals surface area contributed by atoms with E-state index >= 15 is 0 Å². The van der Waals surface area contributed by atoms with Gasteiger partial charge in [-0.2, -0.15) is 13.5 Å². The lowest BCUT2D eigenvalue weighted by atomic mass is 10.1. The van der Waals surface area contributed by atoms with Crippen molar-refractivity contribution in [3.63, 3.8) is 0 Å². The third kappa shape index (κ3) is 3.00. The third-order valence-electron chi connectivity index (χ3n) is 2.39. The predicted octanol–water partition coefficient (Wildman–Crippen LogP) is 1.36. The Bertz CT molecular complexity index is 676. The molecule has 1 aromatic heterocycles. The maximum Gasteiger partial charge on any atom is 0.284 e. The summed E-state index contributed by atoms with van der Waals surface area (Å²) in [7, 11) is -0.307. The summed E-state index contributed by atoms with van der Waals surface area (Å²) >= 11 is 0. The molecular weight excluding hydrogens is 264 g/mol. The summed E-state index contributed by atoms with van der Waals surface area (Å²) < 4.78 is 28.0. The van der Waals surface area contributed by atoms with E-state index in [1.165, 1.54) is 12.4 Å². The molecule has 1 N–H and O–H groups in total. The van der Waals surface area contributed by atoms with Gasteiger partial charge in [-0.1, -0.05) is 18.2 Å². The van der Waals surface area contributed by atoms with Gasteiger partial charge in [-0.05, 0) is 6.07 Å². The van der Waals surface area contributed by atoms with E-state index in [9.17, 15) is 8.42 Å². The summed E-state index contributed by atoms with van der Waals surface area (Å²) in [5.74, 6) is 0. The second kappa shape index (κ2) is 5.23. The summed E-state index contributed by atoms with van der Waals surface area (Å²) in [4.78, 5) is 1.73. The number of nitrogens with one attached hydrogen (secondary N) is 1. The van der Waals surface area contributed by atoms with E-state index < -0.39 is 10.0 Å². The Labute approximate surface area is 111 Å². The van der Waals surface area contributed by atoms with Gasteiger partial charge in [-0.25, -0.2) is 0 Å². The first kappa shape index (κ1) is 13.3. The van der Waals surface area contributed by atoms with Gasteiger partial charge in [0, 0.05) is 31.4 Å². The second-order valence-electron chi connectivity index (χ2n) is 4.14. The minimum atomic E-state index is -3.73. The zero-order valence-corrected chi connectivity index (χ0v) is 11.4. The molecule has 0 saturated heterocycles. The van der Waals surface area contributed by atoms with Crippen LogP contribution in [0.2, 0.25) is 0 Å². The molecule has 2 aromatic rings. The average Bonchev–Trinajstić information content (AvgIpc) is 2.90. The molecule has 1 aromatic carbocycles. The monoisotopic (exact) mass is 278 g/mol. The second-order valence-corrected chi connectivity index (χ2v) is 5.74. The number of H-pyrrole nitrogens is 1. The van der Waals surface area contributed by atoms with Crippen LogP contribution in [0.3, 0.4) is 0 Å². The number of rotatable bonds is 4. The molecule has 0 saturated carbocycles. The van der Waals surface area contributed by atoms with Crippen molar-refractivity contribution in [2.24, 2.45) is 4.40 Å². The van der Waals surface area contributed by atoms with Crippen LogP contribution < -0.4 is 0 Å². The number of benzene rings is 1. The first-order chi connectivity index (χ1) is 9.00. The van der Waals surface area contributed by atoms with Gasteiger partial charge in [0.15, 0.2) is 0 Å². The minimum absolute atomic E-state index is 0.162. The number of nitrogens with zero attached hydrogens (tertiary/aromatic N) is 3. The molecule has 0 aliphatic heterocycles. The molecule has 0 amide bonds. The van der Waals surface area contributed by atoms with Gasteiger partial charge in [0.05, 0.1) is 11.1 Å². The van der Waals surface area contributed by atoms with Crippen LogP contribution in [0.4, 0.5) is 0 Å². The van der Waals surface area contributed by atoms with E-state index in [0.717, 1.165) is 0 Å². The summed E-state index contributed by atoms with van der Waals surface area (Å²) in [6.07, 6.45) is 4.48. The summed E-state index contributed by atoms with van der Waals surface area (Å²) in [6, 6.07) is 6.70. The Morgan fingerprint density at radius 2 is 2.05 bits per heavy atom. The van der Waals surface area contributed by atoms with Gasteiger partial charge in [0.25, 0.3) is 10.0 Å². The molecule has 100 valence electrons. The van der Waals surface area contributed by atoms with E-state index in [-0.39, 0.29) is 4.90 Å². The molecule has 0 unspecified atom stereocenters. The van der Waals surface area contributed by atoms with Crippen molar-refractivity contribution in [3.05, 3.63) is 36.7 Å². The van der Waals surface area contributed by atoms with Crippen molar-refractivity contribution in [2.75, 3.05) is 14.1 Å². The number of hydrogen-bond acceptors (Lipinski definition) is 3. The highest BCUT2D eigenvalue weighted by Crippen LogP contribution is 2.27. The first-order valence-corrected chi connectivity index (χ1v) is 7.00. The van der Waals surface area contributed by atoms with E-state index in [1.807, 2.05) is 0 Å². The van der Waals surface area contributed by atoms with Crippen LogP contribution in [-0.4, -0.2) is 43.9 Å². The predicted molar refractivity (Wildman–Crippen MR) is 73.4 cm³/mol. The van der Waals surface area contributed by atoms with Crippen LogP contribution in [-0.2, 0) is 10.0 Å². The fourth-order valence-electron chi connectivity index (χ4n) is 1.54. The molecule has 0 atom stereocenters. The molecule has 0 spiro atoms. The Balaban J connectivity index is 2.52. The number of aromatic nitrogens is 2. The van der Waals surface area contributed by atoms with Crippen LogP contribution in [0.15, 0.2) is 46.0 Å². The van der Waals surface area contributed by atoms with Gasteiger partial charge < -0.3 is 4.90 Å². The molecule has 0 fully saturated rings. The van der Waals surface area contributed by atoms with Crippen LogP contribution in [0.25, 0.3) is 11.1 Å². The molecular formula is C12H14N4O2S. The standard InChI is InChI=1S/C12H14N4O2S/c1-16(2)9-15-19(17,18)12-6-4-3-5-11(12)10-7-13-14-8-10/h3-9H,1-2H3,(H,13,14). The van der Waals surface area contributed by atoms with Gasteiger partial charge in [-0.15, -0.1) is 4.40 Å². The van der Waals surface area contributed by atoms with Crippen molar-refractivity contribution in [1.82, 2.24) is 15.1 Å². The van der Waals surface area contributed by atoms with Crippen LogP contribution in [0.1, 0.15) is 0 Å². The zero-order valence-electron chi connectivity index (χ0n) is 10.6. The lowest BCUT2D eigenvalue weighted by Gasteiger charge is -2.07. The molecule has 0 aliphatic rings. The highest BCUT2D eigenvalue weighted by Gasteiger charge is 2.18. The number of aromatic amines is 1. The van der Waals surface area contributed by atoms with E-state index in [2.05, 4.69) is 14.6 Å². The topological polar surface area (TPSA) is 78.4 Å². The van der Waals surface area contributed by atoms with Gasteiger partial charge in [0.1, 0.15) is 6.34 Å². The van der Waals surface area contributed by atoms with Crippen LogP contribution >= 0.6 is 0 Å². The summed E-state index contributed by atoms with van der Waals surface area (Å²) in [5.41, 5.74) is 1.28. The number of sulfonamides is 1. The smallest absolute Gasteiger partial charge is 0.284 e. The lowest BCUT2D eigenvalue weighted by molar-refractivity contribution is 0.595. The molecule has 6 nitrogen and oxygen atoms in total. The number of hydrogen-bond donors (Lipinski definition) is 1. The fourth-order valence-corrected chi connectivity index (χ4v) is 2.68. The van der Waals surface area contributed by atoms with Crippen molar-refractivity contribution < 1.29 is 8.42 Å². The first-order valence-electron chi connectivity index (χ1n) is 5.56. The molecule has 0 bridgehead atoms. The quantitative estimate of drug-likeness (QED) is 0.676. The van der Waals surface area contributed by atoms with Gasteiger partial charge in [-0.3, -0.25) is 5.10 Å². The van der Waals surface area contributed by atoms with Crippen LogP contribution in [0.5, 0.6) is 0 Å². The van der Waals surface area contributed by atoms with E-state index in [4.69, 9.17) is 0 Å². The normalized spacial score (nSPS) is 11.9. The lowest BCUT2D eigenvalue weighted by Crippen LogP contribution is -2.10. The van der Waals surface area contributed by atoms with Crippen molar-refractivity contribution in [1.29, 1.82) is 0 Å². The molecule has 19 heavy (non-hydrogen) atoms. The zero-order chi connectivity index (χ0) is 13.9. The largest absolute Gasteiger partial charge is 0.368 e. The van der Waals surface area contributed by atoms with Gasteiger partial charge >= 0.3 is 0 Å². The summed E-state index contributed by atoms with van der Waals surface area (Å²) in [5, 5.41) is 6.50. The maximum atomic E-state index is 12.2. The van der Waals surface area contributed by atoms with E-state index in [1.54, 1.807) is 49.6 Å². The Hall–Kier alpha value is -2.15. The highest BCUT2D eigenvalue weighted by atomic mass is 32.2. The third-order valence-corrected chi connectivity index (χ3v) is 3.67. The average molecular weight is 278 g/mol. The molecule has 2 rings (SSSR count). The van der Waals surface area contributed by atoms with Gasteiger partial charge in [0.2, 0.25) is 0 Å². The van der Waals surface area contributed by atoms with Crippen molar-refractivity contribution in [2.45, 2.75) is 4.90 Å². The Morgan fingerprint density at radius 1 is 1.32 bits per heavy atom. The maximum absolute atomic E-state index is 12.2. The Kier molecular flexibility index (Phi) is 3.66. The fraction of sp³-hybridized carbons (Fsp3) is 0.167. The SMILES string of the molecule is CN(C)C=NS(=O)(=O)c1ccccc1-c1cn[nH]c1. The molecule has 1 heterocycles. The van der Waals surface area contributed by atoms with E-state index in [0.29, 0.717) is 11.1 Å². The van der Waals surface area contributed by atoms with Crippen LogP contribution in [0, 0.1) is 0 Å². The van der Waals surface area contributed by atoms with Crippen molar-refractivity contribution >= 4 is 16.4 Å².